The molecule has 3 unspecified atom stereocenters. The summed E-state index contributed by atoms with van der Waals surface area (Å²) in [6.45, 7) is 3.24. The zero-order valence-electron chi connectivity index (χ0n) is 13.0. The van der Waals surface area contributed by atoms with Crippen LogP contribution < -0.4 is 10.5 Å². The molecule has 3 atom stereocenters. The van der Waals surface area contributed by atoms with E-state index in [-0.39, 0.29) is 5.41 Å². The largest absolute Gasteiger partial charge is 0.493 e. The Kier molecular flexibility index (Phi) is 3.98. The summed E-state index contributed by atoms with van der Waals surface area (Å²) >= 11 is 0. The second-order valence-corrected chi connectivity index (χ2v) is 6.96. The Morgan fingerprint density at radius 1 is 1.38 bits per heavy atom. The summed E-state index contributed by atoms with van der Waals surface area (Å²) in [7, 11) is 0. The van der Waals surface area contributed by atoms with E-state index in [1.165, 1.54) is 12.0 Å². The van der Waals surface area contributed by atoms with Crippen molar-refractivity contribution in [1.29, 1.82) is 0 Å². The predicted molar refractivity (Wildman–Crippen MR) is 84.3 cm³/mol. The van der Waals surface area contributed by atoms with E-state index in [4.69, 9.17) is 10.5 Å². The highest BCUT2D eigenvalue weighted by Gasteiger charge is 2.53. The summed E-state index contributed by atoms with van der Waals surface area (Å²) in [4.78, 5) is 0. The van der Waals surface area contributed by atoms with Crippen LogP contribution in [0.3, 0.4) is 0 Å². The minimum atomic E-state index is -0.686. The fourth-order valence-electron chi connectivity index (χ4n) is 4.24. The van der Waals surface area contributed by atoms with E-state index in [1.54, 1.807) is 0 Å². The zero-order valence-corrected chi connectivity index (χ0v) is 13.0. The lowest BCUT2D eigenvalue weighted by Crippen LogP contribution is -2.60. The lowest BCUT2D eigenvalue weighted by atomic mass is 9.60. The molecule has 1 aliphatic heterocycles. The molecule has 3 nitrogen and oxygen atoms in total. The molecule has 0 aromatic heterocycles. The fourth-order valence-corrected chi connectivity index (χ4v) is 4.24. The highest BCUT2D eigenvalue weighted by molar-refractivity contribution is 5.37. The Morgan fingerprint density at radius 2 is 2.19 bits per heavy atom. The third kappa shape index (κ3) is 2.47. The van der Waals surface area contributed by atoms with Gasteiger partial charge < -0.3 is 15.6 Å². The molecule has 0 amide bonds. The molecule has 21 heavy (non-hydrogen) atoms. The Labute approximate surface area is 127 Å². The predicted octanol–water partition coefficient (Wildman–Crippen LogP) is 2.90. The van der Waals surface area contributed by atoms with Crippen molar-refractivity contribution in [3.05, 3.63) is 29.8 Å². The maximum absolute atomic E-state index is 11.4. The van der Waals surface area contributed by atoms with Crippen molar-refractivity contribution < 1.29 is 9.84 Å². The lowest BCUT2D eigenvalue weighted by molar-refractivity contribution is -0.138. The van der Waals surface area contributed by atoms with E-state index in [1.807, 2.05) is 18.2 Å². The van der Waals surface area contributed by atoms with Crippen molar-refractivity contribution >= 4 is 0 Å². The first-order valence-electron chi connectivity index (χ1n) is 8.26. The van der Waals surface area contributed by atoms with Gasteiger partial charge in [-0.25, -0.2) is 0 Å². The number of ether oxygens (including phenoxy) is 1. The minimum Gasteiger partial charge on any atom is -0.493 e. The molecule has 1 aliphatic carbocycles. The molecule has 0 saturated heterocycles. The molecule has 3 rings (SSSR count). The van der Waals surface area contributed by atoms with Crippen LogP contribution in [-0.2, 0) is 6.42 Å². The van der Waals surface area contributed by atoms with Gasteiger partial charge in [0.15, 0.2) is 0 Å². The third-order valence-corrected chi connectivity index (χ3v) is 5.79. The molecule has 1 aromatic rings. The van der Waals surface area contributed by atoms with Crippen LogP contribution in [-0.4, -0.2) is 23.9 Å². The zero-order chi connectivity index (χ0) is 14.9. The van der Waals surface area contributed by atoms with E-state index >= 15 is 0 Å². The summed E-state index contributed by atoms with van der Waals surface area (Å²) in [5.74, 6) is 1.57. The van der Waals surface area contributed by atoms with Gasteiger partial charge in [0.2, 0.25) is 0 Å². The molecular weight excluding hydrogens is 262 g/mol. The van der Waals surface area contributed by atoms with Crippen molar-refractivity contribution in [2.24, 2.45) is 17.1 Å². The average molecular weight is 289 g/mol. The molecule has 2 aliphatic rings. The van der Waals surface area contributed by atoms with Gasteiger partial charge in [-0.05, 0) is 36.8 Å². The highest BCUT2D eigenvalue weighted by Crippen LogP contribution is 2.49. The first-order valence-corrected chi connectivity index (χ1v) is 8.26. The smallest absolute Gasteiger partial charge is 0.122 e. The van der Waals surface area contributed by atoms with Gasteiger partial charge in [0.05, 0.1) is 12.2 Å². The van der Waals surface area contributed by atoms with E-state index in [2.05, 4.69) is 13.0 Å². The van der Waals surface area contributed by atoms with E-state index in [9.17, 15) is 5.11 Å². The van der Waals surface area contributed by atoms with Crippen LogP contribution >= 0.6 is 0 Å². The number of fused-ring (bicyclic) bond motifs is 1. The molecule has 0 bridgehead atoms. The molecule has 116 valence electrons. The lowest BCUT2D eigenvalue weighted by Gasteiger charge is -2.52. The maximum Gasteiger partial charge on any atom is 0.122 e. The van der Waals surface area contributed by atoms with Crippen LogP contribution in [0.4, 0.5) is 0 Å². The Hall–Kier alpha value is -1.06. The van der Waals surface area contributed by atoms with Crippen molar-refractivity contribution in [3.8, 4) is 5.75 Å². The molecule has 3 heteroatoms. The van der Waals surface area contributed by atoms with Crippen LogP contribution in [0.1, 0.15) is 44.6 Å². The monoisotopic (exact) mass is 289 g/mol. The summed E-state index contributed by atoms with van der Waals surface area (Å²) < 4.78 is 5.98. The average Bonchev–Trinajstić information content (AvgIpc) is 2.54. The summed E-state index contributed by atoms with van der Waals surface area (Å²) in [6.07, 6.45) is 6.01. The summed E-state index contributed by atoms with van der Waals surface area (Å²) in [5.41, 5.74) is 6.32. The van der Waals surface area contributed by atoms with Gasteiger partial charge in [0.25, 0.3) is 0 Å². The minimum absolute atomic E-state index is 0.338. The quantitative estimate of drug-likeness (QED) is 0.899. The maximum atomic E-state index is 11.4. The van der Waals surface area contributed by atoms with Crippen LogP contribution in [0.15, 0.2) is 24.3 Å². The summed E-state index contributed by atoms with van der Waals surface area (Å²) in [5, 5.41) is 11.4. The Bertz CT molecular complexity index is 504. The molecule has 1 saturated carbocycles. The number of nitrogens with two attached hydrogens (primary N) is 1. The van der Waals surface area contributed by atoms with Gasteiger partial charge in [-0.15, -0.1) is 0 Å². The van der Waals surface area contributed by atoms with Crippen molar-refractivity contribution in [1.82, 2.24) is 0 Å². The summed E-state index contributed by atoms with van der Waals surface area (Å²) in [6, 6.07) is 8.14. The molecule has 1 heterocycles. The second-order valence-electron chi connectivity index (χ2n) is 6.96. The topological polar surface area (TPSA) is 55.5 Å². The van der Waals surface area contributed by atoms with Gasteiger partial charge >= 0.3 is 0 Å². The van der Waals surface area contributed by atoms with Crippen LogP contribution in [0.5, 0.6) is 5.75 Å². The third-order valence-electron chi connectivity index (χ3n) is 5.79. The molecule has 1 fully saturated rings. The first kappa shape index (κ1) is 14.9. The van der Waals surface area contributed by atoms with Crippen LogP contribution in [0.2, 0.25) is 0 Å². The number of hydrogen-bond donors (Lipinski definition) is 2. The Morgan fingerprint density at radius 3 is 2.95 bits per heavy atom. The van der Waals surface area contributed by atoms with E-state index in [0.29, 0.717) is 19.1 Å². The fraction of sp³-hybridized carbons (Fsp3) is 0.667. The van der Waals surface area contributed by atoms with Gasteiger partial charge in [-0.3, -0.25) is 0 Å². The van der Waals surface area contributed by atoms with Gasteiger partial charge in [0, 0.05) is 12.0 Å². The van der Waals surface area contributed by atoms with E-state index in [0.717, 1.165) is 37.9 Å². The molecule has 3 N–H and O–H groups in total. The first-order chi connectivity index (χ1) is 10.1. The second kappa shape index (κ2) is 5.62. The van der Waals surface area contributed by atoms with Crippen LogP contribution in [0, 0.1) is 11.3 Å². The van der Waals surface area contributed by atoms with Gasteiger partial charge in [-0.2, -0.15) is 0 Å². The normalized spacial score (nSPS) is 35.9. The highest BCUT2D eigenvalue weighted by atomic mass is 16.5. The SMILES string of the molecule is CCC1CCCC(O)(C2(CN)COc3ccccc3C2)C1. The molecule has 0 radical (unpaired) electrons. The Balaban J connectivity index is 1.91. The van der Waals surface area contributed by atoms with Crippen molar-refractivity contribution in [2.45, 2.75) is 51.0 Å². The standard InChI is InChI=1S/C18H27NO2/c1-2-14-6-5-9-18(20,10-14)17(12-19)11-15-7-3-4-8-16(15)21-13-17/h3-4,7-8,14,20H,2,5-6,9-13,19H2,1H3. The van der Waals surface area contributed by atoms with Gasteiger partial charge in [-0.1, -0.05) is 44.4 Å². The van der Waals surface area contributed by atoms with Gasteiger partial charge in [0.1, 0.15) is 5.75 Å². The molecule has 1 aromatic carbocycles. The van der Waals surface area contributed by atoms with E-state index < -0.39 is 5.60 Å². The molecule has 0 spiro atoms. The van der Waals surface area contributed by atoms with Crippen molar-refractivity contribution in [3.63, 3.8) is 0 Å². The van der Waals surface area contributed by atoms with Crippen LogP contribution in [0.25, 0.3) is 0 Å². The molecular formula is C18H27NO2. The number of benzene rings is 1. The number of para-hydroxylation sites is 1. The number of hydrogen-bond acceptors (Lipinski definition) is 3. The van der Waals surface area contributed by atoms with Crippen molar-refractivity contribution in [2.75, 3.05) is 13.2 Å². The number of aliphatic hydroxyl groups is 1. The number of rotatable bonds is 3.